The fourth-order valence-electron chi connectivity index (χ4n) is 5.60. The molecule has 5 rings (SSSR count). The van der Waals surface area contributed by atoms with E-state index in [0.29, 0.717) is 42.1 Å². The van der Waals surface area contributed by atoms with Crippen molar-refractivity contribution in [1.82, 2.24) is 5.32 Å². The highest BCUT2D eigenvalue weighted by molar-refractivity contribution is 7.91. The number of sulfone groups is 1. The number of hydrogen-bond donors (Lipinski definition) is 2. The number of nitrogens with one attached hydrogen (secondary N) is 1. The first-order chi connectivity index (χ1) is 23.8. The Morgan fingerprint density at radius 3 is 2.47 bits per heavy atom. The predicted molar refractivity (Wildman–Crippen MR) is 185 cm³/mol. The van der Waals surface area contributed by atoms with Crippen LogP contribution >= 0.6 is 0 Å². The Balaban J connectivity index is 1.56. The van der Waals surface area contributed by atoms with Gasteiger partial charge < -0.3 is 24.6 Å². The van der Waals surface area contributed by atoms with Crippen molar-refractivity contribution in [3.63, 3.8) is 0 Å². The van der Waals surface area contributed by atoms with Gasteiger partial charge in [-0.1, -0.05) is 65.8 Å². The molecule has 0 radical (unpaired) electrons. The summed E-state index contributed by atoms with van der Waals surface area (Å²) >= 11 is 0. The number of ether oxygens (including phenoxy) is 3. The van der Waals surface area contributed by atoms with Gasteiger partial charge >= 0.3 is 0 Å². The van der Waals surface area contributed by atoms with Crippen LogP contribution < -0.4 is 14.8 Å². The molecule has 1 amide bonds. The lowest BCUT2D eigenvalue weighted by Crippen LogP contribution is -2.49. The van der Waals surface area contributed by atoms with Crippen molar-refractivity contribution in [3.05, 3.63) is 130 Å². The van der Waals surface area contributed by atoms with Crippen molar-refractivity contribution >= 4 is 27.3 Å². The molecule has 13 heteroatoms. The third-order valence-electron chi connectivity index (χ3n) is 8.13. The number of azide groups is 1. The zero-order valence-electron chi connectivity index (χ0n) is 26.9. The second-order valence-electron chi connectivity index (χ2n) is 11.2. The lowest BCUT2D eigenvalue weighted by atomic mass is 9.84. The molecule has 4 aromatic carbocycles. The van der Waals surface area contributed by atoms with Crippen LogP contribution in [-0.2, 0) is 25.8 Å². The van der Waals surface area contributed by atoms with Crippen molar-refractivity contribution in [2.75, 3.05) is 32.6 Å². The maximum atomic E-state index is 14.5. The number of aliphatic imine (C=N–C) groups is 1. The summed E-state index contributed by atoms with van der Waals surface area (Å²) in [5.74, 6) is 0.379. The summed E-state index contributed by atoms with van der Waals surface area (Å²) < 4.78 is 44.8. The van der Waals surface area contributed by atoms with Crippen LogP contribution in [0.5, 0.6) is 11.5 Å². The van der Waals surface area contributed by atoms with Crippen LogP contribution in [0.2, 0.25) is 0 Å². The van der Waals surface area contributed by atoms with Crippen molar-refractivity contribution in [2.45, 2.75) is 35.8 Å². The van der Waals surface area contributed by atoms with Crippen LogP contribution in [0.15, 0.2) is 118 Å². The molecular weight excluding hydrogens is 646 g/mol. The Morgan fingerprint density at radius 1 is 1.02 bits per heavy atom. The molecule has 0 aliphatic carbocycles. The van der Waals surface area contributed by atoms with Gasteiger partial charge in [0, 0.05) is 47.7 Å². The van der Waals surface area contributed by atoms with E-state index in [9.17, 15) is 18.7 Å². The van der Waals surface area contributed by atoms with E-state index in [1.165, 1.54) is 12.1 Å². The van der Waals surface area contributed by atoms with Crippen molar-refractivity contribution < 1.29 is 32.5 Å². The van der Waals surface area contributed by atoms with E-state index in [1.807, 2.05) is 24.3 Å². The molecule has 0 unspecified atom stereocenters. The van der Waals surface area contributed by atoms with Gasteiger partial charge in [-0.2, -0.15) is 0 Å². The number of hydrogen-bond acceptors (Lipinski definition) is 9. The van der Waals surface area contributed by atoms with Crippen LogP contribution in [-0.4, -0.2) is 63.5 Å². The highest BCUT2D eigenvalue weighted by Gasteiger charge is 2.54. The monoisotopic (exact) mass is 683 g/mol. The van der Waals surface area contributed by atoms with E-state index in [1.54, 1.807) is 73.8 Å². The molecule has 0 bridgehead atoms. The first-order valence-corrected chi connectivity index (χ1v) is 17.4. The number of carbonyl (C=O) groups is 1. The van der Waals surface area contributed by atoms with Gasteiger partial charge in [0.25, 0.3) is 5.91 Å². The van der Waals surface area contributed by atoms with Crippen LogP contribution in [0.3, 0.4) is 0 Å². The van der Waals surface area contributed by atoms with Crippen LogP contribution in [0.4, 0.5) is 5.69 Å². The Bertz CT molecular complexity index is 1930. The molecule has 254 valence electrons. The number of para-hydroxylation sites is 1. The van der Waals surface area contributed by atoms with Gasteiger partial charge in [-0.3, -0.25) is 4.79 Å². The molecule has 0 fully saturated rings. The standard InChI is InChI=1S/C36H37N5O7S/c1-46-32-15-8-5-10-26(32)20-22-38-35(43)36(21-25-49(44,45)29-11-3-2-4-12-29)33(30-13-6-7-14-31(30)40-41-37)48-34(39-36)27-16-18-28(19-17-27)47-24-9-23-42/h2-8,10-19,33,42H,9,20-25H2,1H3,(H,38,43)/t33-,36-/m1/s1. The number of nitrogens with zero attached hydrogens (tertiary/aromatic N) is 4. The number of benzene rings is 4. The molecule has 0 saturated carbocycles. The average molecular weight is 684 g/mol. The first kappa shape index (κ1) is 35.0. The van der Waals surface area contributed by atoms with E-state index in [-0.39, 0.29) is 36.1 Å². The third kappa shape index (κ3) is 8.21. The number of aliphatic hydroxyl groups excluding tert-OH is 1. The SMILES string of the molecule is COc1ccccc1CCNC(=O)[C@]1(CCS(=O)(=O)c2ccccc2)N=C(c2ccc(OCCCO)cc2)O[C@@H]1c1ccccc1N=[N+]=[N-]. The molecule has 12 nitrogen and oxygen atoms in total. The highest BCUT2D eigenvalue weighted by Crippen LogP contribution is 2.46. The van der Waals surface area contributed by atoms with E-state index >= 15 is 0 Å². The summed E-state index contributed by atoms with van der Waals surface area (Å²) in [6.07, 6.45) is -0.485. The Kier molecular flexibility index (Phi) is 11.5. The van der Waals surface area contributed by atoms with Crippen molar-refractivity contribution in [3.8, 4) is 11.5 Å². The number of carbonyl (C=O) groups excluding carboxylic acids is 1. The summed E-state index contributed by atoms with van der Waals surface area (Å²) in [6, 6.07) is 29.0. The summed E-state index contributed by atoms with van der Waals surface area (Å²) in [6.45, 7) is 0.534. The number of aliphatic hydroxyl groups is 1. The second kappa shape index (κ2) is 16.2. The van der Waals surface area contributed by atoms with E-state index in [4.69, 9.17) is 24.3 Å². The normalized spacial score (nSPS) is 16.9. The lowest BCUT2D eigenvalue weighted by molar-refractivity contribution is -0.129. The van der Waals surface area contributed by atoms with Crippen molar-refractivity contribution in [2.24, 2.45) is 10.1 Å². The smallest absolute Gasteiger partial charge is 0.252 e. The fourth-order valence-corrected chi connectivity index (χ4v) is 6.99. The minimum Gasteiger partial charge on any atom is -0.496 e. The van der Waals surface area contributed by atoms with E-state index in [0.717, 1.165) is 5.56 Å². The minimum atomic E-state index is -3.85. The van der Waals surface area contributed by atoms with Gasteiger partial charge in [0.05, 0.1) is 24.4 Å². The molecule has 1 aliphatic rings. The predicted octanol–water partition coefficient (Wildman–Crippen LogP) is 5.88. The lowest BCUT2D eigenvalue weighted by Gasteiger charge is -2.31. The maximum absolute atomic E-state index is 14.5. The van der Waals surface area contributed by atoms with Gasteiger partial charge in [0.1, 0.15) is 11.5 Å². The average Bonchev–Trinajstić information content (AvgIpc) is 3.53. The Hall–Kier alpha value is -5.36. The number of amides is 1. The van der Waals surface area contributed by atoms with Gasteiger partial charge in [0.2, 0.25) is 5.90 Å². The minimum absolute atomic E-state index is 0.00444. The quantitative estimate of drug-likeness (QED) is 0.0642. The Morgan fingerprint density at radius 2 is 1.73 bits per heavy atom. The van der Waals surface area contributed by atoms with Gasteiger partial charge in [0.15, 0.2) is 21.5 Å². The molecule has 49 heavy (non-hydrogen) atoms. The van der Waals surface area contributed by atoms with Gasteiger partial charge in [-0.15, -0.1) is 0 Å². The van der Waals surface area contributed by atoms with E-state index in [2.05, 4.69) is 15.3 Å². The Labute approximate surface area is 284 Å². The topological polar surface area (TPSA) is 172 Å². The summed E-state index contributed by atoms with van der Waals surface area (Å²) in [5.41, 5.74) is 9.57. The highest BCUT2D eigenvalue weighted by atomic mass is 32.2. The third-order valence-corrected chi connectivity index (χ3v) is 9.86. The maximum Gasteiger partial charge on any atom is 0.252 e. The second-order valence-corrected chi connectivity index (χ2v) is 13.3. The first-order valence-electron chi connectivity index (χ1n) is 15.7. The molecule has 2 N–H and O–H groups in total. The molecule has 1 heterocycles. The van der Waals surface area contributed by atoms with E-state index < -0.39 is 33.1 Å². The van der Waals surface area contributed by atoms with Gasteiger partial charge in [-0.05, 0) is 60.0 Å². The molecule has 4 aromatic rings. The molecule has 1 aliphatic heterocycles. The summed E-state index contributed by atoms with van der Waals surface area (Å²) in [5, 5.41) is 15.9. The summed E-state index contributed by atoms with van der Waals surface area (Å²) in [7, 11) is -2.28. The van der Waals surface area contributed by atoms with Crippen LogP contribution in [0.1, 0.15) is 35.6 Å². The summed E-state index contributed by atoms with van der Waals surface area (Å²) in [4.78, 5) is 22.5. The van der Waals surface area contributed by atoms with Crippen molar-refractivity contribution in [1.29, 1.82) is 0 Å². The molecular formula is C36H37N5O7S. The zero-order valence-corrected chi connectivity index (χ0v) is 27.8. The molecule has 0 saturated heterocycles. The van der Waals surface area contributed by atoms with Crippen LogP contribution in [0.25, 0.3) is 10.4 Å². The molecule has 0 aromatic heterocycles. The number of methoxy groups -OCH3 is 1. The fraction of sp³-hybridized carbons (Fsp3) is 0.278. The number of rotatable bonds is 16. The largest absolute Gasteiger partial charge is 0.496 e. The zero-order chi connectivity index (χ0) is 34.7. The molecule has 0 spiro atoms. The molecule has 2 atom stereocenters. The van der Waals surface area contributed by atoms with Crippen LogP contribution in [0, 0.1) is 0 Å². The van der Waals surface area contributed by atoms with Gasteiger partial charge in [-0.25, -0.2) is 13.4 Å².